The fourth-order valence-corrected chi connectivity index (χ4v) is 4.04. The molecular weight excluding hydrogens is 528 g/mol. The first-order valence-electron chi connectivity index (χ1n) is 13.0. The molecule has 226 valence electrons. The zero-order valence-electron chi connectivity index (χ0n) is 21.7. The molecule has 7 N–H and O–H groups in total. The zero-order chi connectivity index (χ0) is 29.1. The SMILES string of the molecule is CCCCCCCC(=O)OCC1O[C@@H](O[C@@H]2O[C@H](COC(=O)CCC(=O)O)[C@H](O)C(O)C2O)C(O)[C@@H](O)[C@@H]1O. The summed E-state index contributed by atoms with van der Waals surface area (Å²) >= 11 is 0. The lowest BCUT2D eigenvalue weighted by molar-refractivity contribution is -0.376. The van der Waals surface area contributed by atoms with Crippen molar-refractivity contribution in [2.45, 2.75) is 120 Å². The largest absolute Gasteiger partial charge is 0.481 e. The molecule has 39 heavy (non-hydrogen) atoms. The molecule has 0 radical (unpaired) electrons. The number of hydrogen-bond acceptors (Lipinski definition) is 14. The molecule has 0 spiro atoms. The van der Waals surface area contributed by atoms with Gasteiger partial charge in [-0.1, -0.05) is 32.6 Å². The molecule has 0 aromatic rings. The third-order valence-corrected chi connectivity index (χ3v) is 6.45. The summed E-state index contributed by atoms with van der Waals surface area (Å²) in [5.74, 6) is -2.67. The van der Waals surface area contributed by atoms with Gasteiger partial charge in [0.05, 0.1) is 12.8 Å². The molecule has 2 aliphatic heterocycles. The second-order valence-corrected chi connectivity index (χ2v) is 9.59. The van der Waals surface area contributed by atoms with Gasteiger partial charge in [0.1, 0.15) is 62.0 Å². The number of unbranched alkanes of at least 4 members (excludes halogenated alkanes) is 4. The second kappa shape index (κ2) is 16.3. The Morgan fingerprint density at radius 1 is 0.615 bits per heavy atom. The van der Waals surface area contributed by atoms with E-state index in [1.54, 1.807) is 0 Å². The standard InChI is InChI=1S/C24H40O15/c1-2-3-4-5-6-7-15(27)35-10-12-17(29)19(31)21(33)23(37-12)39-24-22(34)20(32)18(30)13(38-24)11-36-16(28)9-8-14(25)26/h12-13,17-24,29-34H,2-11H2,1H3,(H,25,26)/t12?,13-,17-,18+,19+,20?,21?,22?,23+,24+/m1/s1. The summed E-state index contributed by atoms with van der Waals surface area (Å²) in [6.45, 7) is 0.972. The molecule has 2 aliphatic rings. The second-order valence-electron chi connectivity index (χ2n) is 9.59. The predicted octanol–water partition coefficient (Wildman–Crippen LogP) is -2.07. The molecule has 2 rings (SSSR count). The number of aliphatic carboxylic acids is 1. The molecule has 2 saturated heterocycles. The van der Waals surface area contributed by atoms with Crippen LogP contribution in [0.5, 0.6) is 0 Å². The highest BCUT2D eigenvalue weighted by molar-refractivity contribution is 5.76. The van der Waals surface area contributed by atoms with Gasteiger partial charge in [0.25, 0.3) is 0 Å². The monoisotopic (exact) mass is 568 g/mol. The van der Waals surface area contributed by atoms with Crippen LogP contribution in [0.15, 0.2) is 0 Å². The Hall–Kier alpha value is -1.95. The van der Waals surface area contributed by atoms with Gasteiger partial charge in [-0.2, -0.15) is 0 Å². The van der Waals surface area contributed by atoms with Gasteiger partial charge in [0.2, 0.25) is 0 Å². The van der Waals surface area contributed by atoms with Crippen molar-refractivity contribution in [2.75, 3.05) is 13.2 Å². The van der Waals surface area contributed by atoms with Crippen molar-refractivity contribution < 1.29 is 73.8 Å². The smallest absolute Gasteiger partial charge is 0.306 e. The van der Waals surface area contributed by atoms with Gasteiger partial charge in [-0.3, -0.25) is 14.4 Å². The summed E-state index contributed by atoms with van der Waals surface area (Å²) in [6.07, 6.45) is -13.2. The molecule has 2 heterocycles. The fraction of sp³-hybridized carbons (Fsp3) is 0.875. The van der Waals surface area contributed by atoms with E-state index in [0.29, 0.717) is 6.42 Å². The van der Waals surface area contributed by atoms with Crippen LogP contribution in [-0.4, -0.2) is 128 Å². The van der Waals surface area contributed by atoms with Crippen molar-refractivity contribution in [1.29, 1.82) is 0 Å². The van der Waals surface area contributed by atoms with Crippen molar-refractivity contribution >= 4 is 17.9 Å². The first-order valence-corrected chi connectivity index (χ1v) is 13.0. The van der Waals surface area contributed by atoms with Gasteiger partial charge in [-0.15, -0.1) is 0 Å². The number of esters is 2. The van der Waals surface area contributed by atoms with Crippen molar-refractivity contribution in [1.82, 2.24) is 0 Å². The van der Waals surface area contributed by atoms with Gasteiger partial charge < -0.3 is 59.4 Å². The Bertz CT molecular complexity index is 779. The van der Waals surface area contributed by atoms with E-state index >= 15 is 0 Å². The maximum atomic E-state index is 12.0. The number of carboxylic acids is 1. The molecule has 2 fully saturated rings. The zero-order valence-corrected chi connectivity index (χ0v) is 21.7. The molecule has 15 nitrogen and oxygen atoms in total. The molecule has 0 amide bonds. The molecule has 10 atom stereocenters. The van der Waals surface area contributed by atoms with Gasteiger partial charge in [-0.25, -0.2) is 0 Å². The minimum absolute atomic E-state index is 0.155. The summed E-state index contributed by atoms with van der Waals surface area (Å²) in [5, 5.41) is 70.2. The molecule has 0 aliphatic carbocycles. The van der Waals surface area contributed by atoms with Gasteiger partial charge in [0.15, 0.2) is 12.6 Å². The van der Waals surface area contributed by atoms with E-state index in [4.69, 9.17) is 28.8 Å². The topological polar surface area (TPSA) is 239 Å². The van der Waals surface area contributed by atoms with Crippen molar-refractivity contribution in [2.24, 2.45) is 0 Å². The number of rotatable bonds is 15. The van der Waals surface area contributed by atoms with Crippen LogP contribution in [0.4, 0.5) is 0 Å². The van der Waals surface area contributed by atoms with E-state index in [2.05, 4.69) is 6.92 Å². The Kier molecular flexibility index (Phi) is 13.9. The third-order valence-electron chi connectivity index (χ3n) is 6.45. The number of aliphatic hydroxyl groups is 6. The molecular formula is C24H40O15. The molecule has 0 aromatic carbocycles. The van der Waals surface area contributed by atoms with E-state index in [-0.39, 0.29) is 6.42 Å². The average Bonchev–Trinajstić information content (AvgIpc) is 2.90. The molecule has 0 aromatic heterocycles. The van der Waals surface area contributed by atoms with Crippen LogP contribution in [0.2, 0.25) is 0 Å². The normalized spacial score (nSPS) is 34.8. The van der Waals surface area contributed by atoms with Crippen molar-refractivity contribution in [3.8, 4) is 0 Å². The minimum atomic E-state index is -1.87. The quantitative estimate of drug-likeness (QED) is 0.0829. The maximum absolute atomic E-state index is 12.0. The number of aliphatic hydroxyl groups excluding tert-OH is 6. The Morgan fingerprint density at radius 3 is 1.54 bits per heavy atom. The highest BCUT2D eigenvalue weighted by Gasteiger charge is 2.50. The Balaban J connectivity index is 1.94. The first kappa shape index (κ1) is 33.3. The number of ether oxygens (including phenoxy) is 5. The van der Waals surface area contributed by atoms with E-state index in [1.807, 2.05) is 0 Å². The van der Waals surface area contributed by atoms with Gasteiger partial charge in [-0.05, 0) is 6.42 Å². The highest BCUT2D eigenvalue weighted by Crippen LogP contribution is 2.28. The summed E-state index contributed by atoms with van der Waals surface area (Å²) in [7, 11) is 0. The third kappa shape index (κ3) is 10.2. The summed E-state index contributed by atoms with van der Waals surface area (Å²) < 4.78 is 26.2. The minimum Gasteiger partial charge on any atom is -0.481 e. The lowest BCUT2D eigenvalue weighted by atomic mass is 9.98. The van der Waals surface area contributed by atoms with E-state index in [9.17, 15) is 45.0 Å². The number of carboxylic acid groups (broad SMARTS) is 1. The fourth-order valence-electron chi connectivity index (χ4n) is 4.04. The van der Waals surface area contributed by atoms with Crippen molar-refractivity contribution in [3.05, 3.63) is 0 Å². The molecule has 15 heteroatoms. The highest BCUT2D eigenvalue weighted by atomic mass is 16.8. The van der Waals surface area contributed by atoms with Crippen LogP contribution >= 0.6 is 0 Å². The van der Waals surface area contributed by atoms with Crippen LogP contribution < -0.4 is 0 Å². The van der Waals surface area contributed by atoms with Crippen LogP contribution in [0.1, 0.15) is 58.3 Å². The van der Waals surface area contributed by atoms with Crippen LogP contribution in [0, 0.1) is 0 Å². The van der Waals surface area contributed by atoms with Gasteiger partial charge >= 0.3 is 17.9 Å². The molecule has 4 unspecified atom stereocenters. The van der Waals surface area contributed by atoms with Crippen molar-refractivity contribution in [3.63, 3.8) is 0 Å². The van der Waals surface area contributed by atoms with Gasteiger partial charge in [0, 0.05) is 6.42 Å². The lowest BCUT2D eigenvalue weighted by Crippen LogP contribution is -2.64. The van der Waals surface area contributed by atoms with E-state index in [0.717, 1.165) is 25.7 Å². The summed E-state index contributed by atoms with van der Waals surface area (Å²) in [5.41, 5.74) is 0. The van der Waals surface area contributed by atoms with Crippen LogP contribution in [0.25, 0.3) is 0 Å². The Labute approximate surface area is 225 Å². The summed E-state index contributed by atoms with van der Waals surface area (Å²) in [6, 6.07) is 0. The van der Waals surface area contributed by atoms with E-state index < -0.39 is 105 Å². The summed E-state index contributed by atoms with van der Waals surface area (Å²) in [4.78, 5) is 34.3. The Morgan fingerprint density at radius 2 is 1.08 bits per heavy atom. The number of carbonyl (C=O) groups is 3. The predicted molar refractivity (Wildman–Crippen MR) is 127 cm³/mol. The molecule has 0 bridgehead atoms. The number of carbonyl (C=O) groups excluding carboxylic acids is 2. The first-order chi connectivity index (χ1) is 18.5. The average molecular weight is 569 g/mol. The maximum Gasteiger partial charge on any atom is 0.306 e. The molecule has 0 saturated carbocycles. The number of hydrogen-bond donors (Lipinski definition) is 7. The van der Waals surface area contributed by atoms with Crippen LogP contribution in [-0.2, 0) is 38.1 Å². The lowest BCUT2D eigenvalue weighted by Gasteiger charge is -2.44. The van der Waals surface area contributed by atoms with E-state index in [1.165, 1.54) is 0 Å². The van der Waals surface area contributed by atoms with Crippen LogP contribution in [0.3, 0.4) is 0 Å².